The Bertz CT molecular complexity index is 493. The first-order valence-electron chi connectivity index (χ1n) is 5.98. The minimum atomic E-state index is -0.383. The zero-order valence-corrected chi connectivity index (χ0v) is 10.6. The third kappa shape index (κ3) is 3.01. The molecule has 0 aromatic heterocycles. The third-order valence-corrected chi connectivity index (χ3v) is 3.08. The highest BCUT2D eigenvalue weighted by Crippen LogP contribution is 2.22. The highest BCUT2D eigenvalue weighted by Gasteiger charge is 2.31. The molecule has 1 N–H and O–H groups in total. The van der Waals surface area contributed by atoms with Gasteiger partial charge in [-0.3, -0.25) is 4.79 Å². The molecule has 2 amide bonds. The van der Waals surface area contributed by atoms with E-state index in [0.717, 1.165) is 0 Å². The topological polar surface area (TPSA) is 58.6 Å². The fraction of sp³-hybridized carbons (Fsp3) is 0.385. The van der Waals surface area contributed by atoms with Crippen LogP contribution in [0.3, 0.4) is 0 Å². The maximum absolute atomic E-state index is 13.6. The quantitative estimate of drug-likeness (QED) is 0.839. The number of ether oxygens (including phenoxy) is 1. The number of hydrogen-bond acceptors (Lipinski definition) is 3. The molecule has 1 heterocycles. The lowest BCUT2D eigenvalue weighted by molar-refractivity contribution is -0.140. The van der Waals surface area contributed by atoms with Crippen molar-refractivity contribution in [2.45, 2.75) is 12.5 Å². The molecule has 1 fully saturated rings. The molecule has 0 spiro atoms. The van der Waals surface area contributed by atoms with E-state index in [1.54, 1.807) is 18.2 Å². The van der Waals surface area contributed by atoms with E-state index < -0.39 is 0 Å². The van der Waals surface area contributed by atoms with Crippen molar-refractivity contribution in [1.82, 2.24) is 10.2 Å². The van der Waals surface area contributed by atoms with Crippen LogP contribution in [0.2, 0.25) is 0 Å². The first kappa shape index (κ1) is 13.3. The second-order valence-electron chi connectivity index (χ2n) is 4.30. The Labute approximate surface area is 110 Å². The summed E-state index contributed by atoms with van der Waals surface area (Å²) < 4.78 is 18.1. The number of methoxy groups -OCH3 is 1. The lowest BCUT2D eigenvalue weighted by Crippen LogP contribution is -2.30. The van der Waals surface area contributed by atoms with Gasteiger partial charge in [0.05, 0.1) is 19.6 Å². The van der Waals surface area contributed by atoms with Gasteiger partial charge in [-0.25, -0.2) is 9.18 Å². The maximum atomic E-state index is 13.6. The fourth-order valence-corrected chi connectivity index (χ4v) is 2.04. The van der Waals surface area contributed by atoms with Crippen LogP contribution in [0.1, 0.15) is 18.0 Å². The molecule has 5 nitrogen and oxygen atoms in total. The van der Waals surface area contributed by atoms with Crippen LogP contribution in [0.25, 0.3) is 0 Å². The van der Waals surface area contributed by atoms with Crippen molar-refractivity contribution in [3.8, 4) is 0 Å². The zero-order chi connectivity index (χ0) is 13.8. The minimum absolute atomic E-state index is 0.133. The number of nitrogens with one attached hydrogen (secondary N) is 1. The van der Waals surface area contributed by atoms with Gasteiger partial charge in [-0.15, -0.1) is 0 Å². The van der Waals surface area contributed by atoms with Crippen molar-refractivity contribution in [2.24, 2.45) is 0 Å². The molecule has 102 valence electrons. The molecule has 0 aliphatic carbocycles. The summed E-state index contributed by atoms with van der Waals surface area (Å²) in [5.74, 6) is -0.718. The van der Waals surface area contributed by atoms with Gasteiger partial charge >= 0.3 is 12.0 Å². The Hall–Kier alpha value is -2.11. The predicted molar refractivity (Wildman–Crippen MR) is 65.9 cm³/mol. The molecule has 1 aliphatic heterocycles. The summed E-state index contributed by atoms with van der Waals surface area (Å²) >= 11 is 0. The molecule has 0 saturated carbocycles. The minimum Gasteiger partial charge on any atom is -0.469 e. The van der Waals surface area contributed by atoms with Crippen molar-refractivity contribution >= 4 is 12.0 Å². The summed E-state index contributed by atoms with van der Waals surface area (Å²) in [7, 11) is 1.30. The van der Waals surface area contributed by atoms with E-state index >= 15 is 0 Å². The van der Waals surface area contributed by atoms with E-state index in [0.29, 0.717) is 12.1 Å². The summed E-state index contributed by atoms with van der Waals surface area (Å²) in [6, 6.07) is 5.65. The Morgan fingerprint density at radius 1 is 1.53 bits per heavy atom. The molecular formula is C13H15FN2O3. The van der Waals surface area contributed by atoms with Crippen LogP contribution in [0.5, 0.6) is 0 Å². The summed E-state index contributed by atoms with van der Waals surface area (Å²) in [6.45, 7) is 0.611. The van der Waals surface area contributed by atoms with Gasteiger partial charge in [-0.2, -0.15) is 0 Å². The number of carbonyl (C=O) groups is 2. The van der Waals surface area contributed by atoms with Crippen LogP contribution >= 0.6 is 0 Å². The first-order chi connectivity index (χ1) is 9.11. The van der Waals surface area contributed by atoms with E-state index in [9.17, 15) is 14.0 Å². The summed E-state index contributed by atoms with van der Waals surface area (Å²) in [5, 5.41) is 2.70. The average Bonchev–Trinajstić information content (AvgIpc) is 2.77. The van der Waals surface area contributed by atoms with Crippen LogP contribution in [-0.2, 0) is 9.53 Å². The standard InChI is InChI=1S/C13H15FN2O3/c1-19-12(17)6-7-16-8-11(15-13(16)18)9-4-2-3-5-10(9)14/h2-5,11H,6-8H2,1H3,(H,15,18). The molecule has 1 aromatic carbocycles. The van der Waals surface area contributed by atoms with Gasteiger partial charge in [0.25, 0.3) is 0 Å². The zero-order valence-electron chi connectivity index (χ0n) is 10.6. The molecule has 6 heteroatoms. The molecule has 1 saturated heterocycles. The lowest BCUT2D eigenvalue weighted by Gasteiger charge is -2.14. The van der Waals surface area contributed by atoms with E-state index in [4.69, 9.17) is 0 Å². The van der Waals surface area contributed by atoms with Gasteiger partial charge in [0.1, 0.15) is 5.82 Å². The number of nitrogens with zero attached hydrogens (tertiary/aromatic N) is 1. The molecule has 1 aliphatic rings. The van der Waals surface area contributed by atoms with Crippen molar-refractivity contribution in [2.75, 3.05) is 20.2 Å². The molecule has 2 rings (SSSR count). The van der Waals surface area contributed by atoms with Gasteiger partial charge < -0.3 is 15.0 Å². The summed E-state index contributed by atoms with van der Waals surface area (Å²) in [6.07, 6.45) is 0.133. The van der Waals surface area contributed by atoms with Crippen LogP contribution < -0.4 is 5.32 Å². The molecule has 0 radical (unpaired) electrons. The molecule has 1 aromatic rings. The number of carbonyl (C=O) groups excluding carboxylic acids is 2. The van der Waals surface area contributed by atoms with E-state index in [2.05, 4.69) is 10.1 Å². The maximum Gasteiger partial charge on any atom is 0.318 e. The monoisotopic (exact) mass is 266 g/mol. The number of urea groups is 1. The highest BCUT2D eigenvalue weighted by atomic mass is 19.1. The van der Waals surface area contributed by atoms with Gasteiger partial charge in [0, 0.05) is 18.7 Å². The molecule has 19 heavy (non-hydrogen) atoms. The van der Waals surface area contributed by atoms with E-state index in [1.165, 1.54) is 18.1 Å². The van der Waals surface area contributed by atoms with Crippen molar-refractivity contribution in [1.29, 1.82) is 0 Å². The second kappa shape index (κ2) is 5.69. The fourth-order valence-electron chi connectivity index (χ4n) is 2.04. The largest absolute Gasteiger partial charge is 0.469 e. The predicted octanol–water partition coefficient (Wildman–Crippen LogP) is 1.46. The van der Waals surface area contributed by atoms with Gasteiger partial charge in [0.15, 0.2) is 0 Å². The Kier molecular flexibility index (Phi) is 3.99. The van der Waals surface area contributed by atoms with Crippen molar-refractivity contribution in [3.63, 3.8) is 0 Å². The number of halogens is 1. The number of esters is 1. The van der Waals surface area contributed by atoms with Crippen LogP contribution in [0, 0.1) is 5.82 Å². The van der Waals surface area contributed by atoms with Crippen LogP contribution in [0.15, 0.2) is 24.3 Å². The molecule has 1 atom stereocenters. The van der Waals surface area contributed by atoms with Crippen LogP contribution in [-0.4, -0.2) is 37.1 Å². The first-order valence-corrected chi connectivity index (χ1v) is 5.98. The smallest absolute Gasteiger partial charge is 0.318 e. The van der Waals surface area contributed by atoms with Crippen LogP contribution in [0.4, 0.5) is 9.18 Å². The van der Waals surface area contributed by atoms with E-state index in [-0.39, 0.29) is 36.8 Å². The Balaban J connectivity index is 1.99. The molecule has 0 bridgehead atoms. The lowest BCUT2D eigenvalue weighted by atomic mass is 10.1. The van der Waals surface area contributed by atoms with Gasteiger partial charge in [-0.05, 0) is 6.07 Å². The SMILES string of the molecule is COC(=O)CCN1CC(c2ccccc2F)NC1=O. The van der Waals surface area contributed by atoms with Crippen molar-refractivity contribution < 1.29 is 18.7 Å². The third-order valence-electron chi connectivity index (χ3n) is 3.08. The average molecular weight is 266 g/mol. The van der Waals surface area contributed by atoms with Gasteiger partial charge in [0.2, 0.25) is 0 Å². The number of amides is 2. The Morgan fingerprint density at radius 2 is 2.26 bits per heavy atom. The van der Waals surface area contributed by atoms with E-state index in [1.807, 2.05) is 0 Å². The summed E-state index contributed by atoms with van der Waals surface area (Å²) in [5.41, 5.74) is 0.455. The number of rotatable bonds is 4. The molecular weight excluding hydrogens is 251 g/mol. The van der Waals surface area contributed by atoms with Gasteiger partial charge in [-0.1, -0.05) is 18.2 Å². The normalized spacial score (nSPS) is 18.3. The highest BCUT2D eigenvalue weighted by molar-refractivity contribution is 5.78. The Morgan fingerprint density at radius 3 is 2.95 bits per heavy atom. The molecule has 1 unspecified atom stereocenters. The number of benzene rings is 1. The number of hydrogen-bond donors (Lipinski definition) is 1. The van der Waals surface area contributed by atoms with Crippen molar-refractivity contribution in [3.05, 3.63) is 35.6 Å². The summed E-state index contributed by atoms with van der Waals surface area (Å²) in [4.78, 5) is 24.2. The second-order valence-corrected chi connectivity index (χ2v) is 4.30.